The van der Waals surface area contributed by atoms with Crippen molar-refractivity contribution < 1.29 is 13.2 Å². The first-order valence-corrected chi connectivity index (χ1v) is 8.34. The predicted molar refractivity (Wildman–Crippen MR) is 78.1 cm³/mol. The second kappa shape index (κ2) is 5.99. The molecule has 1 aliphatic heterocycles. The van der Waals surface area contributed by atoms with Crippen LogP contribution in [0.5, 0.6) is 0 Å². The minimum Gasteiger partial charge on any atom is -0.374 e. The van der Waals surface area contributed by atoms with Crippen molar-refractivity contribution in [2.75, 3.05) is 13.2 Å². The van der Waals surface area contributed by atoms with Crippen molar-refractivity contribution in [3.05, 3.63) is 28.8 Å². The van der Waals surface area contributed by atoms with Crippen molar-refractivity contribution in [2.45, 2.75) is 36.8 Å². The van der Waals surface area contributed by atoms with Crippen LogP contribution < -0.4 is 10.5 Å². The van der Waals surface area contributed by atoms with E-state index in [4.69, 9.17) is 22.1 Å². The van der Waals surface area contributed by atoms with Gasteiger partial charge in [-0.05, 0) is 37.5 Å². The number of halogens is 1. The predicted octanol–water partition coefficient (Wildman–Crippen LogP) is 1.65. The molecular formula is C13H19ClN2O3S. The van der Waals surface area contributed by atoms with Gasteiger partial charge in [0.2, 0.25) is 10.0 Å². The molecule has 0 spiro atoms. The third kappa shape index (κ3) is 3.51. The molecular weight excluding hydrogens is 300 g/mol. The van der Waals surface area contributed by atoms with Crippen LogP contribution in [0.15, 0.2) is 23.1 Å². The SMILES string of the molecule is CC1(CNS(=O)(=O)c2ccc(CN)c(Cl)c2)CCCO1. The summed E-state index contributed by atoms with van der Waals surface area (Å²) in [5.74, 6) is 0. The summed E-state index contributed by atoms with van der Waals surface area (Å²) in [7, 11) is -3.59. The van der Waals surface area contributed by atoms with E-state index in [0.717, 1.165) is 18.4 Å². The number of hydrogen-bond donors (Lipinski definition) is 2. The van der Waals surface area contributed by atoms with Crippen molar-refractivity contribution in [1.82, 2.24) is 4.72 Å². The summed E-state index contributed by atoms with van der Waals surface area (Å²) in [6.07, 6.45) is 1.80. The number of nitrogens with two attached hydrogens (primary N) is 1. The van der Waals surface area contributed by atoms with E-state index in [9.17, 15) is 8.42 Å². The van der Waals surface area contributed by atoms with Crippen LogP contribution in [-0.2, 0) is 21.3 Å². The topological polar surface area (TPSA) is 81.4 Å². The van der Waals surface area contributed by atoms with Gasteiger partial charge in [-0.25, -0.2) is 13.1 Å². The maximum Gasteiger partial charge on any atom is 0.240 e. The van der Waals surface area contributed by atoms with E-state index in [1.54, 1.807) is 6.07 Å². The molecule has 0 aromatic heterocycles. The molecule has 1 heterocycles. The first-order chi connectivity index (χ1) is 9.36. The molecule has 2 rings (SSSR count). The highest BCUT2D eigenvalue weighted by Crippen LogP contribution is 2.25. The van der Waals surface area contributed by atoms with Gasteiger partial charge < -0.3 is 10.5 Å². The largest absolute Gasteiger partial charge is 0.374 e. The Morgan fingerprint density at radius 1 is 1.50 bits per heavy atom. The first kappa shape index (κ1) is 15.7. The average molecular weight is 319 g/mol. The molecule has 7 heteroatoms. The maximum atomic E-state index is 12.2. The third-order valence-corrected chi connectivity index (χ3v) is 5.24. The standard InChI is InChI=1S/C13H19ClN2O3S/c1-13(5-2-6-19-13)9-16-20(17,18)11-4-3-10(8-15)12(14)7-11/h3-4,7,16H,2,5-6,8-9,15H2,1H3. The van der Waals surface area contributed by atoms with Crippen molar-refractivity contribution >= 4 is 21.6 Å². The summed E-state index contributed by atoms with van der Waals surface area (Å²) < 4.78 is 32.6. The van der Waals surface area contributed by atoms with Gasteiger partial charge in [0, 0.05) is 24.7 Å². The fourth-order valence-electron chi connectivity index (χ4n) is 2.17. The Labute approximate surface area is 124 Å². The number of ether oxygens (including phenoxy) is 1. The van der Waals surface area contributed by atoms with Crippen LogP contribution in [0.4, 0.5) is 0 Å². The van der Waals surface area contributed by atoms with E-state index in [0.29, 0.717) is 11.6 Å². The third-order valence-electron chi connectivity index (χ3n) is 3.49. The van der Waals surface area contributed by atoms with E-state index in [-0.39, 0.29) is 18.0 Å². The quantitative estimate of drug-likeness (QED) is 0.865. The van der Waals surface area contributed by atoms with Crippen molar-refractivity contribution in [1.29, 1.82) is 0 Å². The van der Waals surface area contributed by atoms with Crippen molar-refractivity contribution in [2.24, 2.45) is 5.73 Å². The highest BCUT2D eigenvalue weighted by molar-refractivity contribution is 7.89. The lowest BCUT2D eigenvalue weighted by Gasteiger charge is -2.23. The molecule has 0 bridgehead atoms. The lowest BCUT2D eigenvalue weighted by molar-refractivity contribution is 0.0250. The highest BCUT2D eigenvalue weighted by atomic mass is 35.5. The molecule has 0 radical (unpaired) electrons. The van der Waals surface area contributed by atoms with E-state index in [1.807, 2.05) is 6.92 Å². The molecule has 1 aliphatic rings. The van der Waals surface area contributed by atoms with Gasteiger partial charge in [-0.1, -0.05) is 17.7 Å². The monoisotopic (exact) mass is 318 g/mol. The fourth-order valence-corrected chi connectivity index (χ4v) is 3.67. The summed E-state index contributed by atoms with van der Waals surface area (Å²) in [5, 5.41) is 0.360. The Balaban J connectivity index is 2.12. The zero-order chi connectivity index (χ0) is 14.8. The molecule has 1 aromatic carbocycles. The van der Waals surface area contributed by atoms with Crippen LogP contribution >= 0.6 is 11.6 Å². The van der Waals surface area contributed by atoms with Gasteiger partial charge >= 0.3 is 0 Å². The molecule has 3 N–H and O–H groups in total. The zero-order valence-electron chi connectivity index (χ0n) is 11.4. The number of nitrogens with one attached hydrogen (secondary N) is 1. The molecule has 20 heavy (non-hydrogen) atoms. The molecule has 0 aliphatic carbocycles. The van der Waals surface area contributed by atoms with Gasteiger partial charge in [-0.2, -0.15) is 0 Å². The summed E-state index contributed by atoms with van der Waals surface area (Å²) in [5.41, 5.74) is 5.80. The van der Waals surface area contributed by atoms with Crippen LogP contribution in [0, 0.1) is 0 Å². The minimum atomic E-state index is -3.59. The fraction of sp³-hybridized carbons (Fsp3) is 0.538. The van der Waals surface area contributed by atoms with Gasteiger partial charge in [0.15, 0.2) is 0 Å². The summed E-state index contributed by atoms with van der Waals surface area (Å²) in [4.78, 5) is 0.140. The zero-order valence-corrected chi connectivity index (χ0v) is 12.9. The Hall–Kier alpha value is -0.660. The van der Waals surface area contributed by atoms with Gasteiger partial charge in [0.1, 0.15) is 0 Å². The maximum absolute atomic E-state index is 12.2. The Bertz CT molecular complexity index is 583. The average Bonchev–Trinajstić information content (AvgIpc) is 2.84. The van der Waals surface area contributed by atoms with Crippen molar-refractivity contribution in [3.8, 4) is 0 Å². The number of benzene rings is 1. The van der Waals surface area contributed by atoms with Crippen LogP contribution in [0.3, 0.4) is 0 Å². The summed E-state index contributed by atoms with van der Waals surface area (Å²) in [6.45, 7) is 3.12. The van der Waals surface area contributed by atoms with Gasteiger partial charge in [-0.15, -0.1) is 0 Å². The van der Waals surface area contributed by atoms with Crippen molar-refractivity contribution in [3.63, 3.8) is 0 Å². The van der Waals surface area contributed by atoms with Gasteiger partial charge in [0.05, 0.1) is 10.5 Å². The van der Waals surface area contributed by atoms with Crippen LogP contribution in [0.1, 0.15) is 25.3 Å². The number of hydrogen-bond acceptors (Lipinski definition) is 4. The van der Waals surface area contributed by atoms with E-state index < -0.39 is 15.6 Å². The minimum absolute atomic E-state index is 0.140. The van der Waals surface area contributed by atoms with Crippen LogP contribution in [0.2, 0.25) is 5.02 Å². The first-order valence-electron chi connectivity index (χ1n) is 6.48. The molecule has 1 aromatic rings. The van der Waals surface area contributed by atoms with Gasteiger partial charge in [0.25, 0.3) is 0 Å². The van der Waals surface area contributed by atoms with E-state index in [1.165, 1.54) is 12.1 Å². The van der Waals surface area contributed by atoms with E-state index >= 15 is 0 Å². The molecule has 1 unspecified atom stereocenters. The molecule has 1 fully saturated rings. The van der Waals surface area contributed by atoms with Crippen LogP contribution in [-0.4, -0.2) is 27.2 Å². The molecule has 0 amide bonds. The molecule has 1 atom stereocenters. The smallest absolute Gasteiger partial charge is 0.240 e. The normalized spacial score (nSPS) is 23.1. The lowest BCUT2D eigenvalue weighted by atomic mass is 10.0. The van der Waals surface area contributed by atoms with Crippen LogP contribution in [0.25, 0.3) is 0 Å². The second-order valence-corrected chi connectivity index (χ2v) is 7.36. The molecule has 0 saturated carbocycles. The number of rotatable bonds is 5. The number of sulfonamides is 1. The Morgan fingerprint density at radius 3 is 2.80 bits per heavy atom. The summed E-state index contributed by atoms with van der Waals surface area (Å²) >= 11 is 5.99. The van der Waals surface area contributed by atoms with Gasteiger partial charge in [-0.3, -0.25) is 0 Å². The molecule has 112 valence electrons. The van der Waals surface area contributed by atoms with E-state index in [2.05, 4.69) is 4.72 Å². The molecule has 1 saturated heterocycles. The molecule has 5 nitrogen and oxygen atoms in total. The lowest BCUT2D eigenvalue weighted by Crippen LogP contribution is -2.40. The highest BCUT2D eigenvalue weighted by Gasteiger charge is 2.31. The Morgan fingerprint density at radius 2 is 2.25 bits per heavy atom. The summed E-state index contributed by atoms with van der Waals surface area (Å²) in [6, 6.07) is 4.56. The Kier molecular flexibility index (Phi) is 4.71. The second-order valence-electron chi connectivity index (χ2n) is 5.18.